The van der Waals surface area contributed by atoms with Crippen molar-refractivity contribution in [2.75, 3.05) is 13.1 Å². The second kappa shape index (κ2) is 7.45. The van der Waals surface area contributed by atoms with Crippen molar-refractivity contribution < 1.29 is 23.1 Å². The predicted molar refractivity (Wildman–Crippen MR) is 89.5 cm³/mol. The van der Waals surface area contributed by atoms with Crippen molar-refractivity contribution in [3.05, 3.63) is 65.5 Å². The smallest absolute Gasteiger partial charge is 0.416 e. The van der Waals surface area contributed by atoms with Gasteiger partial charge in [0.15, 0.2) is 0 Å². The van der Waals surface area contributed by atoms with E-state index in [1.165, 1.54) is 12.1 Å². The molecular formula is C19H19F3N2O2. The van der Waals surface area contributed by atoms with Gasteiger partial charge >= 0.3 is 12.1 Å². The van der Waals surface area contributed by atoms with Crippen LogP contribution in [0.1, 0.15) is 35.6 Å². The second-order valence-corrected chi connectivity index (χ2v) is 6.42. The fraction of sp³-hybridized carbons (Fsp3) is 0.368. The minimum absolute atomic E-state index is 0.168. The lowest BCUT2D eigenvalue weighted by atomic mass is 9.89. The summed E-state index contributed by atoms with van der Waals surface area (Å²) in [5.74, 6) is -1.29. The highest BCUT2D eigenvalue weighted by molar-refractivity contribution is 5.70. The summed E-state index contributed by atoms with van der Waals surface area (Å²) in [4.78, 5) is 17.2. The number of carbonyl (C=O) groups is 1. The van der Waals surface area contributed by atoms with Gasteiger partial charge in [0, 0.05) is 12.4 Å². The Hall–Kier alpha value is -2.41. The number of benzene rings is 1. The Bertz CT molecular complexity index is 757. The Labute approximate surface area is 149 Å². The zero-order valence-electron chi connectivity index (χ0n) is 14.0. The van der Waals surface area contributed by atoms with Crippen molar-refractivity contribution in [3.8, 4) is 0 Å². The van der Waals surface area contributed by atoms with Gasteiger partial charge in [-0.25, -0.2) is 0 Å². The quantitative estimate of drug-likeness (QED) is 0.891. The van der Waals surface area contributed by atoms with Gasteiger partial charge < -0.3 is 5.11 Å². The number of alkyl halides is 3. The number of hydrogen-bond acceptors (Lipinski definition) is 3. The molecule has 0 spiro atoms. The van der Waals surface area contributed by atoms with Crippen molar-refractivity contribution in [3.63, 3.8) is 0 Å². The van der Waals surface area contributed by atoms with Gasteiger partial charge in [-0.05, 0) is 49.2 Å². The van der Waals surface area contributed by atoms with E-state index < -0.39 is 29.7 Å². The van der Waals surface area contributed by atoms with Gasteiger partial charge in [-0.2, -0.15) is 13.2 Å². The number of rotatable bonds is 4. The zero-order chi connectivity index (χ0) is 18.7. The summed E-state index contributed by atoms with van der Waals surface area (Å²) in [6, 6.07) is 8.39. The van der Waals surface area contributed by atoms with Crippen molar-refractivity contribution in [2.24, 2.45) is 5.92 Å². The molecule has 0 aliphatic carbocycles. The van der Waals surface area contributed by atoms with E-state index in [0.717, 1.165) is 6.07 Å². The van der Waals surface area contributed by atoms with Crippen LogP contribution in [0.4, 0.5) is 13.2 Å². The molecule has 1 fully saturated rings. The third-order valence-electron chi connectivity index (χ3n) is 4.80. The molecule has 7 heteroatoms. The number of halogens is 3. The maximum atomic E-state index is 13.5. The first kappa shape index (κ1) is 18.4. The van der Waals surface area contributed by atoms with Gasteiger partial charge in [-0.1, -0.05) is 24.3 Å². The van der Waals surface area contributed by atoms with Crippen molar-refractivity contribution in [1.29, 1.82) is 0 Å². The summed E-state index contributed by atoms with van der Waals surface area (Å²) in [6.45, 7) is 0.839. The van der Waals surface area contributed by atoms with E-state index >= 15 is 0 Å². The molecule has 0 bridgehead atoms. The Morgan fingerprint density at radius 2 is 1.85 bits per heavy atom. The van der Waals surface area contributed by atoms with Crippen LogP contribution >= 0.6 is 0 Å². The fourth-order valence-corrected chi connectivity index (χ4v) is 3.52. The molecule has 1 aromatic carbocycles. The van der Waals surface area contributed by atoms with Crippen molar-refractivity contribution >= 4 is 5.97 Å². The first-order valence-electron chi connectivity index (χ1n) is 8.41. The molecule has 2 heterocycles. The Morgan fingerprint density at radius 1 is 1.15 bits per heavy atom. The molecule has 1 aliphatic heterocycles. The van der Waals surface area contributed by atoms with E-state index in [9.17, 15) is 23.1 Å². The molecule has 1 N–H and O–H groups in total. The van der Waals surface area contributed by atoms with E-state index in [1.807, 2.05) is 4.90 Å². The van der Waals surface area contributed by atoms with Crippen LogP contribution in [0.5, 0.6) is 0 Å². The lowest BCUT2D eigenvalue weighted by molar-refractivity contribution is -0.143. The van der Waals surface area contributed by atoms with E-state index in [0.29, 0.717) is 31.5 Å². The number of pyridine rings is 1. The van der Waals surface area contributed by atoms with Crippen LogP contribution < -0.4 is 0 Å². The minimum Gasteiger partial charge on any atom is -0.481 e. The molecule has 3 rings (SSSR count). The van der Waals surface area contributed by atoms with Crippen LogP contribution in [0.15, 0.2) is 48.8 Å². The SMILES string of the molecule is O=C(O)C1CCN(C(c2cccnc2)c2ccccc2C(F)(F)F)CC1. The third kappa shape index (κ3) is 3.88. The van der Waals surface area contributed by atoms with Gasteiger partial charge in [-0.15, -0.1) is 0 Å². The van der Waals surface area contributed by atoms with Crippen molar-refractivity contribution in [2.45, 2.75) is 25.1 Å². The number of piperidine rings is 1. The second-order valence-electron chi connectivity index (χ2n) is 6.42. The number of hydrogen-bond donors (Lipinski definition) is 1. The third-order valence-corrected chi connectivity index (χ3v) is 4.80. The van der Waals surface area contributed by atoms with Crippen LogP contribution in [-0.4, -0.2) is 34.0 Å². The maximum absolute atomic E-state index is 13.5. The normalized spacial score (nSPS) is 17.8. The van der Waals surface area contributed by atoms with E-state index in [-0.39, 0.29) is 5.56 Å². The Kier molecular flexibility index (Phi) is 5.27. The number of carboxylic acids is 1. The van der Waals surface area contributed by atoms with Crippen LogP contribution in [0, 0.1) is 5.92 Å². The average molecular weight is 364 g/mol. The largest absolute Gasteiger partial charge is 0.481 e. The standard InChI is InChI=1S/C19H19F3N2O2/c20-19(21,22)16-6-2-1-5-15(16)17(14-4-3-9-23-12-14)24-10-7-13(8-11-24)18(25)26/h1-6,9,12-13,17H,7-8,10-11H2,(H,25,26). The lowest BCUT2D eigenvalue weighted by Crippen LogP contribution is -2.39. The average Bonchev–Trinajstić information content (AvgIpc) is 2.63. The van der Waals surface area contributed by atoms with Crippen LogP contribution in [-0.2, 0) is 11.0 Å². The zero-order valence-corrected chi connectivity index (χ0v) is 14.0. The van der Waals surface area contributed by atoms with Crippen LogP contribution in [0.3, 0.4) is 0 Å². The highest BCUT2D eigenvalue weighted by Crippen LogP contribution is 2.40. The molecule has 0 radical (unpaired) electrons. The molecule has 1 atom stereocenters. The van der Waals surface area contributed by atoms with Crippen LogP contribution in [0.2, 0.25) is 0 Å². The predicted octanol–water partition coefficient (Wildman–Crippen LogP) is 3.99. The van der Waals surface area contributed by atoms with E-state index in [2.05, 4.69) is 4.98 Å². The molecule has 0 amide bonds. The monoisotopic (exact) mass is 364 g/mol. The number of nitrogens with zero attached hydrogens (tertiary/aromatic N) is 2. The molecule has 2 aromatic rings. The molecule has 4 nitrogen and oxygen atoms in total. The maximum Gasteiger partial charge on any atom is 0.416 e. The highest BCUT2D eigenvalue weighted by Gasteiger charge is 2.38. The fourth-order valence-electron chi connectivity index (χ4n) is 3.52. The van der Waals surface area contributed by atoms with Crippen LogP contribution in [0.25, 0.3) is 0 Å². The van der Waals surface area contributed by atoms with E-state index in [4.69, 9.17) is 0 Å². The first-order valence-corrected chi connectivity index (χ1v) is 8.41. The van der Waals surface area contributed by atoms with Gasteiger partial charge in [-0.3, -0.25) is 14.7 Å². The minimum atomic E-state index is -4.46. The van der Waals surface area contributed by atoms with Gasteiger partial charge in [0.1, 0.15) is 0 Å². The summed E-state index contributed by atoms with van der Waals surface area (Å²) in [5, 5.41) is 9.17. The van der Waals surface area contributed by atoms with Gasteiger partial charge in [0.2, 0.25) is 0 Å². The summed E-state index contributed by atoms with van der Waals surface area (Å²) in [5.41, 5.74) is 0.161. The number of aromatic nitrogens is 1. The Morgan fingerprint density at radius 3 is 2.42 bits per heavy atom. The summed E-state index contributed by atoms with van der Waals surface area (Å²) < 4.78 is 40.6. The highest BCUT2D eigenvalue weighted by atomic mass is 19.4. The molecule has 1 aromatic heterocycles. The molecule has 0 saturated carbocycles. The van der Waals surface area contributed by atoms with Crippen molar-refractivity contribution in [1.82, 2.24) is 9.88 Å². The molecule has 1 aliphatic rings. The molecule has 1 unspecified atom stereocenters. The first-order chi connectivity index (χ1) is 12.4. The number of likely N-dealkylation sites (tertiary alicyclic amines) is 1. The summed E-state index contributed by atoms with van der Waals surface area (Å²) in [6.07, 6.45) is -0.481. The molecule has 1 saturated heterocycles. The lowest BCUT2D eigenvalue weighted by Gasteiger charge is -2.37. The molecule has 26 heavy (non-hydrogen) atoms. The topological polar surface area (TPSA) is 53.4 Å². The number of aliphatic carboxylic acids is 1. The molecule has 138 valence electrons. The molecular weight excluding hydrogens is 345 g/mol. The van der Waals surface area contributed by atoms with Gasteiger partial charge in [0.05, 0.1) is 17.5 Å². The summed E-state index contributed by atoms with van der Waals surface area (Å²) in [7, 11) is 0. The van der Waals surface area contributed by atoms with E-state index in [1.54, 1.807) is 30.6 Å². The number of carboxylic acid groups (broad SMARTS) is 1. The Balaban J connectivity index is 2.01. The van der Waals surface area contributed by atoms with Gasteiger partial charge in [0.25, 0.3) is 0 Å². The summed E-state index contributed by atoms with van der Waals surface area (Å²) >= 11 is 0.